The molecule has 0 spiro atoms. The Hall–Kier alpha value is -5.14. The van der Waals surface area contributed by atoms with Crippen LogP contribution in [0, 0.1) is 23.7 Å². The van der Waals surface area contributed by atoms with Gasteiger partial charge in [-0.05, 0) is 122 Å². The van der Waals surface area contributed by atoms with E-state index in [1.807, 2.05) is 0 Å². The Labute approximate surface area is 676 Å². The van der Waals surface area contributed by atoms with Crippen LogP contribution in [-0.2, 0) is 19.2 Å². The second kappa shape index (κ2) is 46.3. The molecule has 8 heterocycles. The number of carbonyl (C=O) groups is 4. The van der Waals surface area contributed by atoms with Gasteiger partial charge in [0.25, 0.3) is 23.6 Å². The third kappa shape index (κ3) is 23.3. The van der Waals surface area contributed by atoms with Gasteiger partial charge in [-0.3, -0.25) is 19.2 Å². The van der Waals surface area contributed by atoms with Gasteiger partial charge in [0.2, 0.25) is 0 Å². The lowest BCUT2D eigenvalue weighted by Gasteiger charge is -2.29. The molecule has 0 saturated heterocycles. The summed E-state index contributed by atoms with van der Waals surface area (Å²) in [5.74, 6) is 1.15. The Kier molecular flexibility index (Phi) is 36.6. The van der Waals surface area contributed by atoms with Crippen molar-refractivity contribution in [3.63, 3.8) is 0 Å². The van der Waals surface area contributed by atoms with E-state index in [1.165, 1.54) is 202 Å². The van der Waals surface area contributed by atoms with Gasteiger partial charge in [0.15, 0.2) is 0 Å². The van der Waals surface area contributed by atoms with E-state index in [9.17, 15) is 0 Å². The van der Waals surface area contributed by atoms with Crippen LogP contribution in [0.1, 0.15) is 377 Å². The van der Waals surface area contributed by atoms with E-state index in [0.717, 1.165) is 172 Å². The zero-order chi connectivity index (χ0) is 76.7. The maximum absolute atomic E-state index is 16.6. The number of hydrogen-bond donors (Lipinski definition) is 0. The summed E-state index contributed by atoms with van der Waals surface area (Å²) >= 11 is 6.87. The molecule has 0 fully saturated rings. The third-order valence-electron chi connectivity index (χ3n) is 24.6. The molecule has 10 rings (SSSR count). The monoisotopic (exact) mass is 1550 g/mol. The van der Waals surface area contributed by atoms with Crippen molar-refractivity contribution in [2.45, 2.75) is 357 Å². The molecule has 4 aliphatic heterocycles. The van der Waals surface area contributed by atoms with E-state index in [0.29, 0.717) is 72.1 Å². The van der Waals surface area contributed by atoms with E-state index in [-0.39, 0.29) is 23.6 Å². The highest BCUT2D eigenvalue weighted by atomic mass is 32.1. The number of carbonyl (C=O) groups excluding carboxylic acids is 4. The topological polar surface area (TPSA) is 81.2 Å². The molecular formula is C97H142N4O4S4. The average Bonchev–Trinajstić information content (AvgIpc) is 1.55. The van der Waals surface area contributed by atoms with Crippen molar-refractivity contribution in [2.75, 3.05) is 26.2 Å². The molecule has 4 unspecified atom stereocenters. The summed E-state index contributed by atoms with van der Waals surface area (Å²) in [5.41, 5.74) is 5.64. The second-order valence-electron chi connectivity index (χ2n) is 33.5. The Bertz CT molecular complexity index is 3850. The van der Waals surface area contributed by atoms with Crippen LogP contribution >= 0.6 is 45.3 Å². The van der Waals surface area contributed by atoms with Crippen LogP contribution in [0.3, 0.4) is 0 Å². The molecule has 4 aromatic heterocycles. The highest BCUT2D eigenvalue weighted by Crippen LogP contribution is 2.55. The summed E-state index contributed by atoms with van der Waals surface area (Å²) in [6, 6.07) is 26.3. The van der Waals surface area contributed by atoms with Gasteiger partial charge >= 0.3 is 0 Å². The largest absolute Gasteiger partial charge is 0.306 e. The van der Waals surface area contributed by atoms with Crippen LogP contribution in [-0.4, -0.2) is 69.4 Å². The highest BCUT2D eigenvalue weighted by Gasteiger charge is 2.52. The number of thiophene rings is 4. The number of hydrogen-bond acceptors (Lipinski definition) is 8. The molecule has 4 atom stereocenters. The molecule has 0 aliphatic carbocycles. The fraction of sp³-hybridized carbons (Fsp3) is 0.649. The molecule has 0 bridgehead atoms. The maximum atomic E-state index is 16.6. The number of fused-ring (bicyclic) bond motifs is 5. The summed E-state index contributed by atoms with van der Waals surface area (Å²) in [6.07, 6.45) is 55.8. The summed E-state index contributed by atoms with van der Waals surface area (Å²) in [6.45, 7) is 20.7. The minimum atomic E-state index is -0.0184. The lowest BCUT2D eigenvalue weighted by atomic mass is 9.93. The van der Waals surface area contributed by atoms with Crippen molar-refractivity contribution in [2.24, 2.45) is 23.7 Å². The molecule has 8 nitrogen and oxygen atoms in total. The van der Waals surface area contributed by atoms with Crippen LogP contribution in [0.15, 0.2) is 95.1 Å². The molecule has 4 amide bonds. The smallest absolute Gasteiger partial charge is 0.261 e. The molecular weight excluding hydrogens is 1410 g/mol. The van der Waals surface area contributed by atoms with Crippen molar-refractivity contribution in [3.8, 4) is 0 Å². The normalized spacial score (nSPS) is 16.0. The maximum Gasteiger partial charge on any atom is 0.261 e. The van der Waals surface area contributed by atoms with E-state index < -0.39 is 0 Å². The molecule has 12 heteroatoms. The van der Waals surface area contributed by atoms with Gasteiger partial charge in [-0.25, -0.2) is 0 Å². The Morgan fingerprint density at radius 1 is 0.239 bits per heavy atom. The Morgan fingerprint density at radius 2 is 0.431 bits per heavy atom. The molecule has 0 N–H and O–H groups in total. The SMILES string of the molecule is CCCCCCCCC(CCCCC)CN1C(=O)C2=C(c3cc4sc(C5=C6C(=O)N(CC(CCCCCC)CCCCCCCC)C(c7cc8ccccc8s7)=C6C(=O)N5CC(CCCCCC)CCCCCCCC)cc4s3)N(CC(CCCCCC)CCCCCCCC)C(=O)C2=C1c1cc2ccccc2s1. The first kappa shape index (κ1) is 86.3. The van der Waals surface area contributed by atoms with Gasteiger partial charge in [-0.15, -0.1) is 45.3 Å². The van der Waals surface area contributed by atoms with Gasteiger partial charge < -0.3 is 19.6 Å². The molecule has 0 radical (unpaired) electrons. The zero-order valence-electron chi connectivity index (χ0n) is 69.4. The van der Waals surface area contributed by atoms with Gasteiger partial charge in [0, 0.05) is 45.0 Å². The van der Waals surface area contributed by atoms with Crippen LogP contribution in [0.5, 0.6) is 0 Å². The molecule has 6 aromatic rings. The zero-order valence-corrected chi connectivity index (χ0v) is 72.6. The number of rotatable bonds is 59. The van der Waals surface area contributed by atoms with Crippen molar-refractivity contribution >= 4 is 121 Å². The van der Waals surface area contributed by atoms with E-state index >= 15 is 19.2 Å². The van der Waals surface area contributed by atoms with Gasteiger partial charge in [0.05, 0.1) is 64.6 Å². The summed E-state index contributed by atoms with van der Waals surface area (Å²) < 4.78 is 4.47. The van der Waals surface area contributed by atoms with Gasteiger partial charge in [-0.2, -0.15) is 0 Å². The molecule has 598 valence electrons. The average molecular weight is 1560 g/mol. The molecule has 2 aromatic carbocycles. The van der Waals surface area contributed by atoms with Crippen molar-refractivity contribution in [1.82, 2.24) is 19.6 Å². The highest BCUT2D eigenvalue weighted by molar-refractivity contribution is 7.29. The summed E-state index contributed by atoms with van der Waals surface area (Å²) in [7, 11) is 0. The van der Waals surface area contributed by atoms with Crippen LogP contribution < -0.4 is 0 Å². The number of benzene rings is 2. The minimum Gasteiger partial charge on any atom is -0.306 e. The Balaban J connectivity index is 1.13. The summed E-state index contributed by atoms with van der Waals surface area (Å²) in [5, 5.41) is 2.29. The third-order valence-corrected chi connectivity index (χ3v) is 29.1. The molecule has 4 aliphatic rings. The van der Waals surface area contributed by atoms with Crippen LogP contribution in [0.25, 0.3) is 52.4 Å². The van der Waals surface area contributed by atoms with Gasteiger partial charge in [0.1, 0.15) is 0 Å². The summed E-state index contributed by atoms with van der Waals surface area (Å²) in [4.78, 5) is 78.6. The lowest BCUT2D eigenvalue weighted by molar-refractivity contribution is -0.124. The Morgan fingerprint density at radius 3 is 0.679 bits per heavy atom. The quantitative estimate of drug-likeness (QED) is 0.0356. The fourth-order valence-corrected chi connectivity index (χ4v) is 23.0. The fourth-order valence-electron chi connectivity index (χ4n) is 18.2. The van der Waals surface area contributed by atoms with Crippen molar-refractivity contribution in [3.05, 3.63) is 115 Å². The number of nitrogens with zero attached hydrogens (tertiary/aromatic N) is 4. The first-order chi connectivity index (χ1) is 53.5. The van der Waals surface area contributed by atoms with E-state index in [1.54, 1.807) is 45.3 Å². The second-order valence-corrected chi connectivity index (χ2v) is 37.9. The first-order valence-corrected chi connectivity index (χ1v) is 48.5. The standard InChI is InChI=1S/C97H142N4O4S4/c1-9-17-25-32-36-44-56-72(52-40-24-16-8)68-98-90(82-64-76-60-48-50-62-78(76)106-82)86-88(96(98)104)92(100(94(86)102)70-74(54-42-30-22-14-6)58-46-38-34-27-19-11-3)84-66-80-81(108-84)67-85(109-80)93-89-87(95(103)101(93)71-75(55-43-31-23-15-7)59-47-39-35-28-20-12-4)91(83-65-77-61-49-51-63-79(77)107-83)99(97(89)105)69-73(53-41-29-21-13-5)57-45-37-33-26-18-10-2/h48-51,60-67,72-75H,9-47,52-59,68-71H2,1-8H3. The molecule has 109 heavy (non-hydrogen) atoms. The van der Waals surface area contributed by atoms with Crippen LogP contribution in [0.2, 0.25) is 0 Å². The minimum absolute atomic E-state index is 0.0161. The van der Waals surface area contributed by atoms with E-state index in [2.05, 4.69) is 148 Å². The van der Waals surface area contributed by atoms with Crippen molar-refractivity contribution < 1.29 is 19.2 Å². The lowest BCUT2D eigenvalue weighted by Crippen LogP contribution is -2.34. The van der Waals surface area contributed by atoms with Gasteiger partial charge in [-0.1, -0.05) is 342 Å². The first-order valence-electron chi connectivity index (χ1n) is 45.3. The van der Waals surface area contributed by atoms with Crippen molar-refractivity contribution in [1.29, 1.82) is 0 Å². The number of unbranched alkanes of at least 4 members (excludes halogenated alkanes) is 31. The van der Waals surface area contributed by atoms with E-state index in [4.69, 9.17) is 0 Å². The predicted octanol–water partition coefficient (Wildman–Crippen LogP) is 30.0. The molecule has 0 saturated carbocycles. The van der Waals surface area contributed by atoms with Crippen LogP contribution in [0.4, 0.5) is 0 Å². The number of amides is 4. The predicted molar refractivity (Wildman–Crippen MR) is 474 cm³/mol.